The van der Waals surface area contributed by atoms with E-state index < -0.39 is 10.0 Å². The average Bonchev–Trinajstić information content (AvgIpc) is 2.69. The van der Waals surface area contributed by atoms with Gasteiger partial charge in [0.2, 0.25) is 10.0 Å². The molecule has 7 heteroatoms. The molecule has 1 aliphatic heterocycles. The van der Waals surface area contributed by atoms with Crippen LogP contribution in [0.2, 0.25) is 0 Å². The third-order valence-electron chi connectivity index (χ3n) is 4.94. The number of ether oxygens (including phenoxy) is 2. The Labute approximate surface area is 161 Å². The predicted octanol–water partition coefficient (Wildman–Crippen LogP) is 2.60. The number of nitrogens with zero attached hydrogens (tertiary/aromatic N) is 2. The van der Waals surface area contributed by atoms with E-state index in [0.29, 0.717) is 31.1 Å². The number of hydrogen-bond acceptors (Lipinski definition) is 5. The van der Waals surface area contributed by atoms with Crippen LogP contribution in [0, 0.1) is 0 Å². The molecule has 3 rings (SSSR count). The second-order valence-corrected chi connectivity index (χ2v) is 8.59. The van der Waals surface area contributed by atoms with E-state index in [9.17, 15) is 8.42 Å². The second-order valence-electron chi connectivity index (χ2n) is 6.68. The Bertz CT molecular complexity index is 871. The van der Waals surface area contributed by atoms with E-state index in [2.05, 4.69) is 24.0 Å². The molecule has 1 fully saturated rings. The van der Waals surface area contributed by atoms with Gasteiger partial charge in [-0.25, -0.2) is 8.42 Å². The van der Waals surface area contributed by atoms with Crippen molar-refractivity contribution in [3.8, 4) is 11.5 Å². The van der Waals surface area contributed by atoms with Crippen LogP contribution in [0.3, 0.4) is 0 Å². The van der Waals surface area contributed by atoms with Gasteiger partial charge in [-0.15, -0.1) is 0 Å². The topological polar surface area (TPSA) is 59.1 Å². The van der Waals surface area contributed by atoms with Gasteiger partial charge in [-0.3, -0.25) is 4.90 Å². The van der Waals surface area contributed by atoms with Crippen molar-refractivity contribution in [3.63, 3.8) is 0 Å². The van der Waals surface area contributed by atoms with Crippen molar-refractivity contribution in [2.45, 2.75) is 24.4 Å². The zero-order valence-electron chi connectivity index (χ0n) is 16.0. The maximum absolute atomic E-state index is 13.2. The summed E-state index contributed by atoms with van der Waals surface area (Å²) in [6.45, 7) is 4.48. The summed E-state index contributed by atoms with van der Waals surface area (Å²) in [5.74, 6) is 0.862. The first kappa shape index (κ1) is 19.7. The highest BCUT2D eigenvalue weighted by Gasteiger charge is 2.34. The molecule has 2 aromatic rings. The average molecular weight is 391 g/mol. The molecule has 0 spiro atoms. The lowest BCUT2D eigenvalue weighted by molar-refractivity contribution is 0.122. The Hall–Kier alpha value is -2.09. The summed E-state index contributed by atoms with van der Waals surface area (Å²) in [6.07, 6.45) is 0. The van der Waals surface area contributed by atoms with Crippen molar-refractivity contribution in [1.29, 1.82) is 0 Å². The van der Waals surface area contributed by atoms with Crippen LogP contribution in [-0.2, 0) is 16.6 Å². The molecule has 1 saturated heterocycles. The van der Waals surface area contributed by atoms with E-state index in [1.807, 2.05) is 18.2 Å². The fourth-order valence-electron chi connectivity index (χ4n) is 3.36. The minimum atomic E-state index is -3.63. The lowest BCUT2D eigenvalue weighted by atomic mass is 10.1. The fraction of sp³-hybridized carbons (Fsp3) is 0.400. The second kappa shape index (κ2) is 8.29. The van der Waals surface area contributed by atoms with Gasteiger partial charge < -0.3 is 9.47 Å². The van der Waals surface area contributed by atoms with E-state index in [0.717, 1.165) is 6.54 Å². The lowest BCUT2D eigenvalue weighted by Gasteiger charge is -2.39. The first-order chi connectivity index (χ1) is 13.0. The van der Waals surface area contributed by atoms with Crippen molar-refractivity contribution in [3.05, 3.63) is 54.1 Å². The molecule has 0 radical (unpaired) electrons. The maximum Gasteiger partial charge on any atom is 0.246 e. The standard InChI is InChI=1S/C20H26N2O4S/c1-16-14-22(12-11-21(16)15-17-7-5-4-6-8-17)27(23,24)20-10-9-18(25-2)13-19(20)26-3/h4-10,13,16H,11-12,14-15H2,1-3H3. The van der Waals surface area contributed by atoms with E-state index >= 15 is 0 Å². The summed E-state index contributed by atoms with van der Waals surface area (Å²) >= 11 is 0. The Balaban J connectivity index is 1.76. The fourth-order valence-corrected chi connectivity index (χ4v) is 5.01. The lowest BCUT2D eigenvalue weighted by Crippen LogP contribution is -2.53. The SMILES string of the molecule is COc1ccc(S(=O)(=O)N2CCN(Cc3ccccc3)C(C)C2)c(OC)c1. The van der Waals surface area contributed by atoms with E-state index in [4.69, 9.17) is 9.47 Å². The molecule has 27 heavy (non-hydrogen) atoms. The summed E-state index contributed by atoms with van der Waals surface area (Å²) in [5.41, 5.74) is 1.23. The molecule has 2 aromatic carbocycles. The number of piperazine rings is 1. The molecular weight excluding hydrogens is 364 g/mol. The van der Waals surface area contributed by atoms with Gasteiger partial charge in [-0.2, -0.15) is 4.31 Å². The first-order valence-electron chi connectivity index (χ1n) is 8.96. The molecule has 1 heterocycles. The van der Waals surface area contributed by atoms with E-state index in [1.54, 1.807) is 22.5 Å². The van der Waals surface area contributed by atoms with Gasteiger partial charge in [0.05, 0.1) is 14.2 Å². The van der Waals surface area contributed by atoms with Gasteiger partial charge in [-0.1, -0.05) is 30.3 Å². The minimum Gasteiger partial charge on any atom is -0.497 e. The molecule has 1 unspecified atom stereocenters. The van der Waals surface area contributed by atoms with Crippen LogP contribution in [0.15, 0.2) is 53.4 Å². The third kappa shape index (κ3) is 4.26. The largest absolute Gasteiger partial charge is 0.497 e. The van der Waals surface area contributed by atoms with Crippen molar-refractivity contribution >= 4 is 10.0 Å². The Morgan fingerprint density at radius 1 is 1.04 bits per heavy atom. The Morgan fingerprint density at radius 2 is 1.78 bits per heavy atom. The van der Waals surface area contributed by atoms with Crippen molar-refractivity contribution in [1.82, 2.24) is 9.21 Å². The molecule has 1 atom stereocenters. The summed E-state index contributed by atoms with van der Waals surface area (Å²) in [6, 6.07) is 15.2. The number of hydrogen-bond donors (Lipinski definition) is 0. The number of sulfonamides is 1. The Morgan fingerprint density at radius 3 is 2.41 bits per heavy atom. The predicted molar refractivity (Wildman–Crippen MR) is 105 cm³/mol. The van der Waals surface area contributed by atoms with Crippen LogP contribution in [0.4, 0.5) is 0 Å². The van der Waals surface area contributed by atoms with Crippen LogP contribution in [0.5, 0.6) is 11.5 Å². The van der Waals surface area contributed by atoms with Crippen LogP contribution in [0.1, 0.15) is 12.5 Å². The number of benzene rings is 2. The molecule has 0 aromatic heterocycles. The van der Waals surface area contributed by atoms with Gasteiger partial charge in [0.1, 0.15) is 16.4 Å². The molecule has 1 aliphatic rings. The van der Waals surface area contributed by atoms with Crippen LogP contribution in [0.25, 0.3) is 0 Å². The molecule has 146 valence electrons. The highest BCUT2D eigenvalue weighted by Crippen LogP contribution is 2.31. The zero-order valence-corrected chi connectivity index (χ0v) is 16.8. The summed E-state index contributed by atoms with van der Waals surface area (Å²) in [7, 11) is -0.628. The molecule has 0 saturated carbocycles. The highest BCUT2D eigenvalue weighted by molar-refractivity contribution is 7.89. The maximum atomic E-state index is 13.2. The molecule has 6 nitrogen and oxygen atoms in total. The summed E-state index contributed by atoms with van der Waals surface area (Å²) < 4.78 is 38.3. The van der Waals surface area contributed by atoms with Gasteiger partial charge in [0.25, 0.3) is 0 Å². The normalized spacial score (nSPS) is 19.0. The van der Waals surface area contributed by atoms with E-state index in [-0.39, 0.29) is 10.9 Å². The molecule has 0 bridgehead atoms. The van der Waals surface area contributed by atoms with Crippen LogP contribution >= 0.6 is 0 Å². The van der Waals surface area contributed by atoms with E-state index in [1.165, 1.54) is 19.8 Å². The third-order valence-corrected chi connectivity index (χ3v) is 6.85. The molecule has 0 amide bonds. The summed E-state index contributed by atoms with van der Waals surface area (Å²) in [4.78, 5) is 2.49. The highest BCUT2D eigenvalue weighted by atomic mass is 32.2. The van der Waals surface area contributed by atoms with Gasteiger partial charge in [0, 0.05) is 38.3 Å². The van der Waals surface area contributed by atoms with Crippen LogP contribution < -0.4 is 9.47 Å². The quantitative estimate of drug-likeness (QED) is 0.759. The molecule has 0 N–H and O–H groups in total. The van der Waals surface area contributed by atoms with Crippen molar-refractivity contribution in [2.24, 2.45) is 0 Å². The number of rotatable bonds is 6. The Kier molecular flexibility index (Phi) is 6.04. The van der Waals surface area contributed by atoms with Crippen molar-refractivity contribution < 1.29 is 17.9 Å². The van der Waals surface area contributed by atoms with Gasteiger partial charge >= 0.3 is 0 Å². The smallest absolute Gasteiger partial charge is 0.246 e. The molecule has 0 aliphatic carbocycles. The molecular formula is C20H26N2O4S. The minimum absolute atomic E-state index is 0.123. The first-order valence-corrected chi connectivity index (χ1v) is 10.4. The monoisotopic (exact) mass is 390 g/mol. The summed E-state index contributed by atoms with van der Waals surface area (Å²) in [5, 5.41) is 0. The number of methoxy groups -OCH3 is 2. The van der Waals surface area contributed by atoms with Gasteiger partial charge in [-0.05, 0) is 24.6 Å². The van der Waals surface area contributed by atoms with Gasteiger partial charge in [0.15, 0.2) is 0 Å². The zero-order chi connectivity index (χ0) is 19.4. The van der Waals surface area contributed by atoms with Crippen LogP contribution in [-0.4, -0.2) is 57.5 Å². The van der Waals surface area contributed by atoms with Crippen molar-refractivity contribution in [2.75, 3.05) is 33.9 Å².